The molecule has 5 nitrogen and oxygen atoms in total. The van der Waals surface area contributed by atoms with Gasteiger partial charge in [-0.1, -0.05) is 12.1 Å². The van der Waals surface area contributed by atoms with E-state index in [2.05, 4.69) is 4.74 Å². The van der Waals surface area contributed by atoms with E-state index >= 15 is 0 Å². The Morgan fingerprint density at radius 3 is 2.64 bits per heavy atom. The minimum atomic E-state index is -0.941. The molecule has 2 rings (SSSR count). The van der Waals surface area contributed by atoms with Crippen molar-refractivity contribution in [2.45, 2.75) is 13.5 Å². The molecule has 0 unspecified atom stereocenters. The van der Waals surface area contributed by atoms with Crippen LogP contribution in [0.15, 0.2) is 60.5 Å². The monoisotopic (exact) mass is 343 g/mol. The number of halogens is 1. The molecule has 0 aliphatic carbocycles. The van der Waals surface area contributed by atoms with E-state index in [0.717, 1.165) is 17.3 Å². The summed E-state index contributed by atoms with van der Waals surface area (Å²) in [5, 5.41) is 9.44. The molecular formula is C19H18FNO4. The van der Waals surface area contributed by atoms with Gasteiger partial charge in [-0.15, -0.1) is 0 Å². The third-order valence-electron chi connectivity index (χ3n) is 3.31. The number of aromatic nitrogens is 1. The number of hydrogen-bond donors (Lipinski definition) is 1. The molecule has 0 aliphatic rings. The van der Waals surface area contributed by atoms with Gasteiger partial charge < -0.3 is 14.4 Å². The van der Waals surface area contributed by atoms with Crippen molar-refractivity contribution in [3.63, 3.8) is 0 Å². The fourth-order valence-electron chi connectivity index (χ4n) is 2.12. The molecule has 0 saturated carbocycles. The predicted octanol–water partition coefficient (Wildman–Crippen LogP) is 3.26. The Hall–Kier alpha value is -3.15. The molecule has 0 amide bonds. The van der Waals surface area contributed by atoms with Gasteiger partial charge in [0.1, 0.15) is 5.82 Å². The van der Waals surface area contributed by atoms with E-state index in [1.54, 1.807) is 25.1 Å². The molecule has 0 fully saturated rings. The van der Waals surface area contributed by atoms with Crippen molar-refractivity contribution in [3.8, 4) is 0 Å². The molecule has 0 saturated heterocycles. The van der Waals surface area contributed by atoms with Gasteiger partial charge in [0.15, 0.2) is 5.78 Å². The average Bonchev–Trinajstić information content (AvgIpc) is 3.02. The minimum Gasteiger partial charge on any atom is -0.502 e. The van der Waals surface area contributed by atoms with Crippen LogP contribution < -0.4 is 0 Å². The number of aliphatic hydroxyl groups excluding tert-OH is 1. The third kappa shape index (κ3) is 5.46. The number of aliphatic hydroxyl groups is 1. The van der Waals surface area contributed by atoms with Crippen LogP contribution in [0.2, 0.25) is 0 Å². The average molecular weight is 343 g/mol. The summed E-state index contributed by atoms with van der Waals surface area (Å²) in [6.45, 7) is 2.23. The van der Waals surface area contributed by atoms with E-state index in [9.17, 15) is 19.1 Å². The lowest BCUT2D eigenvalue weighted by Gasteiger charge is -2.06. The SMILES string of the molecule is CCOC(=O)/C(O)=C/C(=O)/C=C/c1cccn1Cc1ccc(F)cc1. The van der Waals surface area contributed by atoms with E-state index in [1.807, 2.05) is 22.9 Å². The van der Waals surface area contributed by atoms with E-state index in [-0.39, 0.29) is 12.4 Å². The first-order valence-electron chi connectivity index (χ1n) is 7.69. The van der Waals surface area contributed by atoms with Crippen LogP contribution in [0.25, 0.3) is 6.08 Å². The molecule has 2 aromatic rings. The van der Waals surface area contributed by atoms with E-state index < -0.39 is 17.5 Å². The van der Waals surface area contributed by atoms with Gasteiger partial charge in [-0.25, -0.2) is 9.18 Å². The van der Waals surface area contributed by atoms with Crippen LogP contribution >= 0.6 is 0 Å². The largest absolute Gasteiger partial charge is 0.502 e. The fourth-order valence-corrected chi connectivity index (χ4v) is 2.12. The van der Waals surface area contributed by atoms with Crippen molar-refractivity contribution in [3.05, 3.63) is 77.6 Å². The van der Waals surface area contributed by atoms with Crippen LogP contribution in [-0.4, -0.2) is 28.0 Å². The number of ketones is 1. The summed E-state index contributed by atoms with van der Waals surface area (Å²) >= 11 is 0. The lowest BCUT2D eigenvalue weighted by Crippen LogP contribution is -2.08. The van der Waals surface area contributed by atoms with Crippen molar-refractivity contribution in [1.29, 1.82) is 0 Å². The van der Waals surface area contributed by atoms with Gasteiger partial charge in [-0.05, 0) is 48.9 Å². The van der Waals surface area contributed by atoms with Crippen molar-refractivity contribution in [2.24, 2.45) is 0 Å². The Morgan fingerprint density at radius 1 is 1.24 bits per heavy atom. The topological polar surface area (TPSA) is 68.5 Å². The highest BCUT2D eigenvalue weighted by atomic mass is 19.1. The Bertz CT molecular complexity index is 803. The molecule has 25 heavy (non-hydrogen) atoms. The molecule has 0 aliphatic heterocycles. The fraction of sp³-hybridized carbons (Fsp3) is 0.158. The molecule has 1 aromatic heterocycles. The quantitative estimate of drug-likeness (QED) is 0.476. The number of hydrogen-bond acceptors (Lipinski definition) is 4. The molecule has 1 aromatic carbocycles. The lowest BCUT2D eigenvalue weighted by molar-refractivity contribution is -0.141. The number of esters is 1. The normalized spacial score (nSPS) is 11.7. The highest BCUT2D eigenvalue weighted by Crippen LogP contribution is 2.10. The van der Waals surface area contributed by atoms with Crippen LogP contribution in [0.3, 0.4) is 0 Å². The Balaban J connectivity index is 2.05. The Morgan fingerprint density at radius 2 is 1.96 bits per heavy atom. The third-order valence-corrected chi connectivity index (χ3v) is 3.31. The Labute approximate surface area is 144 Å². The van der Waals surface area contributed by atoms with Crippen LogP contribution in [0.1, 0.15) is 18.2 Å². The summed E-state index contributed by atoms with van der Waals surface area (Å²) in [7, 11) is 0. The number of rotatable bonds is 7. The zero-order chi connectivity index (χ0) is 18.2. The summed E-state index contributed by atoms with van der Waals surface area (Å²) in [6, 6.07) is 9.78. The predicted molar refractivity (Wildman–Crippen MR) is 91.3 cm³/mol. The second kappa shape index (κ2) is 8.63. The number of carbonyl (C=O) groups is 2. The van der Waals surface area contributed by atoms with Gasteiger partial charge in [0, 0.05) is 24.5 Å². The molecule has 0 spiro atoms. The van der Waals surface area contributed by atoms with Crippen LogP contribution in [-0.2, 0) is 20.9 Å². The number of ether oxygens (including phenoxy) is 1. The summed E-state index contributed by atoms with van der Waals surface area (Å²) in [6.07, 6.45) is 5.45. The summed E-state index contributed by atoms with van der Waals surface area (Å²) in [4.78, 5) is 23.0. The number of benzene rings is 1. The number of allylic oxidation sites excluding steroid dienone is 2. The van der Waals surface area contributed by atoms with E-state index in [0.29, 0.717) is 6.54 Å². The maximum Gasteiger partial charge on any atom is 0.373 e. The zero-order valence-electron chi connectivity index (χ0n) is 13.7. The first-order valence-corrected chi connectivity index (χ1v) is 7.69. The van der Waals surface area contributed by atoms with Gasteiger partial charge in [0.25, 0.3) is 0 Å². The molecule has 0 bridgehead atoms. The number of nitrogens with zero attached hydrogens (tertiary/aromatic N) is 1. The molecule has 0 radical (unpaired) electrons. The smallest absolute Gasteiger partial charge is 0.373 e. The van der Waals surface area contributed by atoms with Crippen molar-refractivity contribution in [1.82, 2.24) is 4.57 Å². The minimum absolute atomic E-state index is 0.109. The highest BCUT2D eigenvalue weighted by Gasteiger charge is 2.09. The summed E-state index contributed by atoms with van der Waals surface area (Å²) in [5.74, 6) is -2.52. The van der Waals surface area contributed by atoms with Gasteiger partial charge in [0.2, 0.25) is 5.76 Å². The van der Waals surface area contributed by atoms with Crippen LogP contribution in [0.4, 0.5) is 4.39 Å². The standard InChI is InChI=1S/C19H18FNO4/c1-2-25-19(24)18(23)12-17(22)10-9-16-4-3-11-21(16)13-14-5-7-15(20)8-6-14/h3-12,23H,2,13H2,1H3/b10-9+,18-12-. The van der Waals surface area contributed by atoms with Crippen molar-refractivity contribution in [2.75, 3.05) is 6.61 Å². The highest BCUT2D eigenvalue weighted by molar-refractivity contribution is 6.05. The summed E-state index contributed by atoms with van der Waals surface area (Å²) in [5.41, 5.74) is 1.67. The van der Waals surface area contributed by atoms with Gasteiger partial charge in [-0.2, -0.15) is 0 Å². The van der Waals surface area contributed by atoms with Gasteiger partial charge in [-0.3, -0.25) is 4.79 Å². The maximum atomic E-state index is 12.9. The first kappa shape index (κ1) is 18.2. The van der Waals surface area contributed by atoms with Crippen molar-refractivity contribution < 1.29 is 23.8 Å². The van der Waals surface area contributed by atoms with E-state index in [1.165, 1.54) is 18.2 Å². The zero-order valence-corrected chi connectivity index (χ0v) is 13.7. The van der Waals surface area contributed by atoms with E-state index in [4.69, 9.17) is 0 Å². The lowest BCUT2D eigenvalue weighted by atomic mass is 10.2. The Kier molecular flexibility index (Phi) is 6.28. The van der Waals surface area contributed by atoms with Gasteiger partial charge in [0.05, 0.1) is 6.61 Å². The van der Waals surface area contributed by atoms with Crippen molar-refractivity contribution >= 4 is 17.8 Å². The van der Waals surface area contributed by atoms with Gasteiger partial charge >= 0.3 is 5.97 Å². The molecular weight excluding hydrogens is 325 g/mol. The molecule has 6 heteroatoms. The summed E-state index contributed by atoms with van der Waals surface area (Å²) < 4.78 is 19.4. The number of carbonyl (C=O) groups excluding carboxylic acids is 2. The molecule has 0 atom stereocenters. The molecule has 1 N–H and O–H groups in total. The molecule has 1 heterocycles. The van der Waals surface area contributed by atoms with Crippen LogP contribution in [0.5, 0.6) is 0 Å². The maximum absolute atomic E-state index is 12.9. The van der Waals surface area contributed by atoms with Crippen LogP contribution in [0, 0.1) is 5.82 Å². The molecule has 130 valence electrons. The second-order valence-corrected chi connectivity index (χ2v) is 5.17. The first-order chi connectivity index (χ1) is 12.0. The second-order valence-electron chi connectivity index (χ2n) is 5.17.